The molecular weight excluding hydrogens is 264 g/mol. The van der Waals surface area contributed by atoms with Crippen LogP contribution in [0.25, 0.3) is 0 Å². The van der Waals surface area contributed by atoms with Crippen molar-refractivity contribution >= 4 is 5.91 Å². The summed E-state index contributed by atoms with van der Waals surface area (Å²) in [5.41, 5.74) is 0. The topological polar surface area (TPSA) is 51.2 Å². The number of hydrogen-bond acceptors (Lipinski definition) is 3. The maximum atomic E-state index is 12.1. The summed E-state index contributed by atoms with van der Waals surface area (Å²) in [6.07, 6.45) is 10.6. The third-order valence-electron chi connectivity index (χ3n) is 4.67. The van der Waals surface area contributed by atoms with Crippen LogP contribution in [0, 0.1) is 5.92 Å². The second-order valence-corrected chi connectivity index (χ2v) is 6.25. The van der Waals surface area contributed by atoms with E-state index in [-0.39, 0.29) is 17.9 Å². The molecule has 1 aromatic rings. The van der Waals surface area contributed by atoms with Gasteiger partial charge in [0.1, 0.15) is 6.10 Å². The molecule has 2 aliphatic carbocycles. The first-order chi connectivity index (χ1) is 10.3. The molecule has 0 spiro atoms. The Morgan fingerprint density at radius 3 is 2.52 bits per heavy atom. The van der Waals surface area contributed by atoms with Crippen molar-refractivity contribution in [1.29, 1.82) is 0 Å². The van der Waals surface area contributed by atoms with Gasteiger partial charge >= 0.3 is 0 Å². The van der Waals surface area contributed by atoms with Gasteiger partial charge in [0.2, 0.25) is 11.8 Å². The quantitative estimate of drug-likeness (QED) is 0.926. The van der Waals surface area contributed by atoms with Crippen LogP contribution in [0.15, 0.2) is 24.4 Å². The number of amides is 1. The molecule has 2 aliphatic rings. The van der Waals surface area contributed by atoms with Crippen molar-refractivity contribution in [3.63, 3.8) is 0 Å². The van der Waals surface area contributed by atoms with Crippen molar-refractivity contribution in [2.24, 2.45) is 5.92 Å². The van der Waals surface area contributed by atoms with Crippen molar-refractivity contribution in [2.75, 3.05) is 0 Å². The van der Waals surface area contributed by atoms with Crippen LogP contribution in [-0.2, 0) is 4.79 Å². The zero-order valence-corrected chi connectivity index (χ0v) is 12.5. The lowest BCUT2D eigenvalue weighted by Crippen LogP contribution is -2.42. The fourth-order valence-electron chi connectivity index (χ4n) is 3.42. The van der Waals surface area contributed by atoms with Crippen LogP contribution >= 0.6 is 0 Å². The summed E-state index contributed by atoms with van der Waals surface area (Å²) in [7, 11) is 0. The third-order valence-corrected chi connectivity index (χ3v) is 4.67. The smallest absolute Gasteiger partial charge is 0.223 e. The molecule has 1 heterocycles. The first-order valence-electron chi connectivity index (χ1n) is 8.19. The van der Waals surface area contributed by atoms with Crippen LogP contribution in [0.5, 0.6) is 5.88 Å². The zero-order chi connectivity index (χ0) is 14.5. The molecule has 1 N–H and O–H groups in total. The Labute approximate surface area is 126 Å². The molecule has 21 heavy (non-hydrogen) atoms. The van der Waals surface area contributed by atoms with E-state index >= 15 is 0 Å². The van der Waals surface area contributed by atoms with Gasteiger partial charge in [-0.05, 0) is 44.6 Å². The van der Waals surface area contributed by atoms with E-state index in [9.17, 15) is 4.79 Å². The minimum Gasteiger partial charge on any atom is -0.474 e. The van der Waals surface area contributed by atoms with Crippen LogP contribution in [0.4, 0.5) is 0 Å². The molecule has 4 heteroatoms. The number of nitrogens with zero attached hydrogens (tertiary/aromatic N) is 1. The molecule has 1 aromatic heterocycles. The van der Waals surface area contributed by atoms with Crippen molar-refractivity contribution < 1.29 is 9.53 Å². The van der Waals surface area contributed by atoms with E-state index in [1.807, 2.05) is 18.2 Å². The molecule has 2 saturated carbocycles. The van der Waals surface area contributed by atoms with Gasteiger partial charge in [-0.1, -0.05) is 18.9 Å². The molecule has 0 saturated heterocycles. The van der Waals surface area contributed by atoms with E-state index in [0.717, 1.165) is 38.5 Å². The lowest BCUT2D eigenvalue weighted by molar-refractivity contribution is -0.125. The number of rotatable bonds is 4. The Hall–Kier alpha value is -1.58. The van der Waals surface area contributed by atoms with Crippen molar-refractivity contribution in [3.8, 4) is 5.88 Å². The molecule has 2 fully saturated rings. The van der Waals surface area contributed by atoms with E-state index in [2.05, 4.69) is 10.3 Å². The molecule has 0 atom stereocenters. The molecule has 114 valence electrons. The number of ether oxygens (including phenoxy) is 1. The Morgan fingerprint density at radius 2 is 1.86 bits per heavy atom. The Morgan fingerprint density at radius 1 is 1.10 bits per heavy atom. The first-order valence-corrected chi connectivity index (χ1v) is 8.19. The van der Waals surface area contributed by atoms with Gasteiger partial charge in [0.05, 0.1) is 0 Å². The monoisotopic (exact) mass is 288 g/mol. The van der Waals surface area contributed by atoms with E-state index < -0.39 is 0 Å². The minimum absolute atomic E-state index is 0.236. The zero-order valence-electron chi connectivity index (χ0n) is 12.5. The molecule has 3 rings (SSSR count). The largest absolute Gasteiger partial charge is 0.474 e. The number of pyridine rings is 1. The first kappa shape index (κ1) is 14.4. The average Bonchev–Trinajstić information content (AvgIpc) is 3.05. The maximum Gasteiger partial charge on any atom is 0.223 e. The minimum atomic E-state index is 0.236. The number of aromatic nitrogens is 1. The Balaban J connectivity index is 1.41. The summed E-state index contributed by atoms with van der Waals surface area (Å²) < 4.78 is 5.88. The number of hydrogen-bond donors (Lipinski definition) is 1. The maximum absolute atomic E-state index is 12.1. The second kappa shape index (κ2) is 6.92. The number of nitrogens with one attached hydrogen (secondary N) is 1. The third kappa shape index (κ3) is 3.96. The summed E-state index contributed by atoms with van der Waals surface area (Å²) in [4.78, 5) is 16.3. The highest BCUT2D eigenvalue weighted by atomic mass is 16.5. The van der Waals surface area contributed by atoms with Gasteiger partial charge in [-0.15, -0.1) is 0 Å². The predicted octanol–water partition coefficient (Wildman–Crippen LogP) is 3.08. The summed E-state index contributed by atoms with van der Waals surface area (Å²) in [6.45, 7) is 0. The summed E-state index contributed by atoms with van der Waals surface area (Å²) in [6, 6.07) is 6.06. The van der Waals surface area contributed by atoms with E-state index in [1.54, 1.807) is 6.20 Å². The summed E-state index contributed by atoms with van der Waals surface area (Å²) in [5, 5.41) is 3.24. The van der Waals surface area contributed by atoms with Gasteiger partial charge < -0.3 is 10.1 Å². The fraction of sp³-hybridized carbons (Fsp3) is 0.647. The molecule has 0 aliphatic heterocycles. The number of carbonyl (C=O) groups is 1. The SMILES string of the molecule is O=C(NC1CCC(Oc2ccccn2)CC1)C1CCCC1. The molecule has 0 unspecified atom stereocenters. The van der Waals surface area contributed by atoms with Crippen LogP contribution < -0.4 is 10.1 Å². The molecule has 1 amide bonds. The predicted molar refractivity (Wildman–Crippen MR) is 81.0 cm³/mol. The van der Waals surface area contributed by atoms with Crippen molar-refractivity contribution in [3.05, 3.63) is 24.4 Å². The Bertz CT molecular complexity index is 449. The van der Waals surface area contributed by atoms with Gasteiger partial charge in [0, 0.05) is 24.2 Å². The van der Waals surface area contributed by atoms with Gasteiger partial charge in [-0.3, -0.25) is 4.79 Å². The number of carbonyl (C=O) groups excluding carboxylic acids is 1. The van der Waals surface area contributed by atoms with Crippen LogP contribution in [-0.4, -0.2) is 23.0 Å². The Kier molecular flexibility index (Phi) is 4.73. The molecule has 0 radical (unpaired) electrons. The van der Waals surface area contributed by atoms with E-state index in [0.29, 0.717) is 11.9 Å². The molecule has 0 bridgehead atoms. The summed E-state index contributed by atoms with van der Waals surface area (Å²) >= 11 is 0. The van der Waals surface area contributed by atoms with Gasteiger partial charge in [0.15, 0.2) is 0 Å². The van der Waals surface area contributed by atoms with E-state index in [4.69, 9.17) is 4.74 Å². The van der Waals surface area contributed by atoms with Crippen LogP contribution in [0.2, 0.25) is 0 Å². The van der Waals surface area contributed by atoms with E-state index in [1.165, 1.54) is 12.8 Å². The molecule has 0 aromatic carbocycles. The molecular formula is C17H24N2O2. The van der Waals surface area contributed by atoms with Crippen LogP contribution in [0.1, 0.15) is 51.4 Å². The standard InChI is InChI=1S/C17H24N2O2/c20-17(13-5-1-2-6-13)19-14-8-10-15(11-9-14)21-16-7-3-4-12-18-16/h3-4,7,12-15H,1-2,5-6,8-11H2,(H,19,20). The van der Waals surface area contributed by atoms with Crippen molar-refractivity contribution in [2.45, 2.75) is 63.5 Å². The normalized spacial score (nSPS) is 26.5. The van der Waals surface area contributed by atoms with Gasteiger partial charge in [0.25, 0.3) is 0 Å². The highest BCUT2D eigenvalue weighted by Crippen LogP contribution is 2.27. The van der Waals surface area contributed by atoms with Crippen LogP contribution in [0.3, 0.4) is 0 Å². The van der Waals surface area contributed by atoms with Gasteiger partial charge in [-0.2, -0.15) is 0 Å². The highest BCUT2D eigenvalue weighted by molar-refractivity contribution is 5.79. The van der Waals surface area contributed by atoms with Crippen molar-refractivity contribution in [1.82, 2.24) is 10.3 Å². The molecule has 4 nitrogen and oxygen atoms in total. The second-order valence-electron chi connectivity index (χ2n) is 6.25. The highest BCUT2D eigenvalue weighted by Gasteiger charge is 2.27. The lowest BCUT2D eigenvalue weighted by Gasteiger charge is -2.29. The van der Waals surface area contributed by atoms with Gasteiger partial charge in [-0.25, -0.2) is 4.98 Å². The summed E-state index contributed by atoms with van der Waals surface area (Å²) in [5.74, 6) is 1.25. The fourth-order valence-corrected chi connectivity index (χ4v) is 3.42. The average molecular weight is 288 g/mol. The lowest BCUT2D eigenvalue weighted by atomic mass is 9.92.